The topological polar surface area (TPSA) is 33.4 Å². The number of hydrogen-bond donors (Lipinski definition) is 1. The molecule has 1 atom stereocenters. The minimum atomic E-state index is -0.192. The van der Waals surface area contributed by atoms with Crippen molar-refractivity contribution in [3.05, 3.63) is 78.1 Å². The average molecular weight is 344 g/mol. The van der Waals surface area contributed by atoms with Crippen LogP contribution in [0.3, 0.4) is 0 Å². The van der Waals surface area contributed by atoms with E-state index in [-0.39, 0.29) is 11.2 Å². The van der Waals surface area contributed by atoms with Gasteiger partial charge in [0.25, 0.3) is 0 Å². The summed E-state index contributed by atoms with van der Waals surface area (Å²) in [6, 6.07) is 14.0. The Kier molecular flexibility index (Phi) is 3.99. The molecule has 2 heteroatoms. The number of furan rings is 1. The van der Waals surface area contributed by atoms with Gasteiger partial charge in [-0.3, -0.25) is 0 Å². The molecule has 2 nitrogen and oxygen atoms in total. The minimum absolute atomic E-state index is 0.192. The van der Waals surface area contributed by atoms with E-state index in [1.54, 1.807) is 6.26 Å². The van der Waals surface area contributed by atoms with Gasteiger partial charge in [0.15, 0.2) is 0 Å². The summed E-state index contributed by atoms with van der Waals surface area (Å²) < 4.78 is 5.83. The van der Waals surface area contributed by atoms with Crippen molar-refractivity contribution in [1.82, 2.24) is 0 Å². The summed E-state index contributed by atoms with van der Waals surface area (Å²) >= 11 is 0. The van der Waals surface area contributed by atoms with E-state index in [9.17, 15) is 5.11 Å². The largest absolute Gasteiger partial charge is 0.507 e. The first-order valence-electron chi connectivity index (χ1n) is 9.16. The van der Waals surface area contributed by atoms with Gasteiger partial charge in [0.05, 0.1) is 11.6 Å². The molecule has 3 aromatic rings. The van der Waals surface area contributed by atoms with Gasteiger partial charge in [-0.05, 0) is 41.2 Å². The highest BCUT2D eigenvalue weighted by molar-refractivity contribution is 5.98. The number of rotatable bonds is 3. The fourth-order valence-corrected chi connectivity index (χ4v) is 3.69. The molecular weight excluding hydrogens is 320 g/mol. The van der Waals surface area contributed by atoms with Crippen LogP contribution in [0.4, 0.5) is 0 Å². The third kappa shape index (κ3) is 2.76. The zero-order valence-electron chi connectivity index (χ0n) is 15.5. The number of aromatic hydroxyl groups is 1. The number of phenols is 1. The monoisotopic (exact) mass is 344 g/mol. The third-order valence-corrected chi connectivity index (χ3v) is 5.50. The predicted molar refractivity (Wildman–Crippen MR) is 107 cm³/mol. The van der Waals surface area contributed by atoms with Crippen LogP contribution >= 0.6 is 0 Å². The first kappa shape index (κ1) is 16.7. The van der Waals surface area contributed by atoms with Crippen LogP contribution in [-0.2, 0) is 5.41 Å². The normalized spacial score (nSPS) is 17.5. The maximum Gasteiger partial charge on any atom is 0.138 e. The van der Waals surface area contributed by atoms with Crippen LogP contribution in [-0.4, -0.2) is 5.11 Å². The van der Waals surface area contributed by atoms with Crippen molar-refractivity contribution in [1.29, 1.82) is 0 Å². The van der Waals surface area contributed by atoms with E-state index in [1.807, 2.05) is 36.4 Å². The summed E-state index contributed by atoms with van der Waals surface area (Å²) in [5, 5.41) is 11.6. The first-order valence-corrected chi connectivity index (χ1v) is 9.16. The Morgan fingerprint density at radius 1 is 1.12 bits per heavy atom. The van der Waals surface area contributed by atoms with Crippen molar-refractivity contribution in [2.75, 3.05) is 0 Å². The zero-order valence-corrected chi connectivity index (χ0v) is 15.5. The fraction of sp³-hybridized carbons (Fsp3) is 0.250. The summed E-state index contributed by atoms with van der Waals surface area (Å²) in [7, 11) is 0. The second kappa shape index (κ2) is 6.21. The highest BCUT2D eigenvalue weighted by atomic mass is 16.3. The Morgan fingerprint density at radius 3 is 2.58 bits per heavy atom. The van der Waals surface area contributed by atoms with Crippen molar-refractivity contribution in [3.63, 3.8) is 0 Å². The molecule has 1 heterocycles. The molecule has 1 unspecified atom stereocenters. The lowest BCUT2D eigenvalue weighted by molar-refractivity contribution is 0.478. The van der Waals surface area contributed by atoms with Gasteiger partial charge in [0.1, 0.15) is 11.3 Å². The number of fused-ring (bicyclic) bond motifs is 1. The molecule has 0 saturated heterocycles. The maximum atomic E-state index is 10.8. The van der Waals surface area contributed by atoms with E-state index in [0.29, 0.717) is 5.92 Å². The van der Waals surface area contributed by atoms with Crippen LogP contribution in [0, 0.1) is 5.92 Å². The van der Waals surface area contributed by atoms with E-state index < -0.39 is 0 Å². The number of allylic oxidation sites excluding steroid dienone is 4. The second-order valence-electron chi connectivity index (χ2n) is 7.74. The Hall–Kier alpha value is -2.74. The van der Waals surface area contributed by atoms with Crippen LogP contribution < -0.4 is 0 Å². The van der Waals surface area contributed by atoms with Crippen molar-refractivity contribution >= 4 is 11.0 Å². The van der Waals surface area contributed by atoms with Crippen LogP contribution in [0.5, 0.6) is 5.75 Å². The quantitative estimate of drug-likeness (QED) is 0.580. The van der Waals surface area contributed by atoms with Gasteiger partial charge >= 0.3 is 0 Å². The lowest BCUT2D eigenvalue weighted by Crippen LogP contribution is -2.20. The molecule has 0 fully saturated rings. The predicted octanol–water partition coefficient (Wildman–Crippen LogP) is 6.61. The molecule has 0 spiro atoms. The molecule has 0 bridgehead atoms. The lowest BCUT2D eigenvalue weighted by atomic mass is 9.75. The van der Waals surface area contributed by atoms with E-state index in [0.717, 1.165) is 34.1 Å². The SMILES string of the molecule is CC1C=CC(C(C)(C)c2cc(O)c3c(-c4ccccc4)coc3c2)=CC1. The van der Waals surface area contributed by atoms with Gasteiger partial charge in [-0.2, -0.15) is 0 Å². The molecule has 0 amide bonds. The van der Waals surface area contributed by atoms with E-state index in [2.05, 4.69) is 45.1 Å². The molecule has 26 heavy (non-hydrogen) atoms. The van der Waals surface area contributed by atoms with Gasteiger partial charge in [-0.15, -0.1) is 0 Å². The molecule has 0 saturated carbocycles. The van der Waals surface area contributed by atoms with Gasteiger partial charge in [0, 0.05) is 11.0 Å². The van der Waals surface area contributed by atoms with Gasteiger partial charge in [-0.25, -0.2) is 0 Å². The molecule has 0 radical (unpaired) electrons. The molecule has 1 aromatic heterocycles. The second-order valence-corrected chi connectivity index (χ2v) is 7.74. The minimum Gasteiger partial charge on any atom is -0.507 e. The Balaban J connectivity index is 1.81. The third-order valence-electron chi connectivity index (χ3n) is 5.50. The standard InChI is InChI=1S/C24H24O2/c1-16-9-11-18(12-10-16)24(2,3)19-13-21(25)23-20(15-26-22(23)14-19)17-7-5-4-6-8-17/h4-9,11-16,25H,10H2,1-3H3. The van der Waals surface area contributed by atoms with Crippen molar-refractivity contribution in [2.45, 2.75) is 32.6 Å². The zero-order chi connectivity index (χ0) is 18.3. The molecule has 1 aliphatic rings. The van der Waals surface area contributed by atoms with E-state index in [1.165, 1.54) is 5.57 Å². The summed E-state index contributed by atoms with van der Waals surface area (Å²) in [5.41, 5.74) is 4.84. The average Bonchev–Trinajstić information content (AvgIpc) is 3.07. The summed E-state index contributed by atoms with van der Waals surface area (Å²) in [6.45, 7) is 6.62. The maximum absolute atomic E-state index is 10.8. The first-order chi connectivity index (χ1) is 12.5. The molecule has 1 aliphatic carbocycles. The fourth-order valence-electron chi connectivity index (χ4n) is 3.69. The van der Waals surface area contributed by atoms with Gasteiger partial charge in [0.2, 0.25) is 0 Å². The summed E-state index contributed by atoms with van der Waals surface area (Å²) in [4.78, 5) is 0. The van der Waals surface area contributed by atoms with Crippen LogP contribution in [0.25, 0.3) is 22.1 Å². The number of hydrogen-bond acceptors (Lipinski definition) is 2. The Labute approximate surface area is 154 Å². The molecule has 132 valence electrons. The van der Waals surface area contributed by atoms with Crippen LogP contribution in [0.2, 0.25) is 0 Å². The van der Waals surface area contributed by atoms with Gasteiger partial charge < -0.3 is 9.52 Å². The molecule has 1 N–H and O–H groups in total. The van der Waals surface area contributed by atoms with Crippen LogP contribution in [0.15, 0.2) is 76.9 Å². The smallest absolute Gasteiger partial charge is 0.138 e. The Morgan fingerprint density at radius 2 is 1.88 bits per heavy atom. The highest BCUT2D eigenvalue weighted by Gasteiger charge is 2.27. The van der Waals surface area contributed by atoms with E-state index in [4.69, 9.17) is 4.42 Å². The number of phenolic OH excluding ortho intramolecular Hbond substituents is 1. The van der Waals surface area contributed by atoms with Crippen LogP contribution in [0.1, 0.15) is 32.8 Å². The molecule has 2 aromatic carbocycles. The lowest BCUT2D eigenvalue weighted by Gasteiger charge is -2.29. The van der Waals surface area contributed by atoms with Crippen molar-refractivity contribution in [2.24, 2.45) is 5.92 Å². The van der Waals surface area contributed by atoms with E-state index >= 15 is 0 Å². The summed E-state index contributed by atoms with van der Waals surface area (Å²) in [6.07, 6.45) is 9.58. The van der Waals surface area contributed by atoms with Gasteiger partial charge in [-0.1, -0.05) is 69.3 Å². The van der Waals surface area contributed by atoms with Crippen molar-refractivity contribution in [3.8, 4) is 16.9 Å². The summed E-state index contributed by atoms with van der Waals surface area (Å²) in [5.74, 6) is 0.857. The highest BCUT2D eigenvalue weighted by Crippen LogP contribution is 2.42. The van der Waals surface area contributed by atoms with Crippen molar-refractivity contribution < 1.29 is 9.52 Å². The molecular formula is C24H24O2. The molecule has 0 aliphatic heterocycles. The molecule has 4 rings (SSSR count). The number of benzene rings is 2. The Bertz CT molecular complexity index is 1000.